The van der Waals surface area contributed by atoms with Crippen LogP contribution in [0.5, 0.6) is 5.75 Å². The Bertz CT molecular complexity index is 711. The number of fused-ring (bicyclic) bond motifs is 1. The molecule has 25 heavy (non-hydrogen) atoms. The van der Waals surface area contributed by atoms with Crippen LogP contribution in [0.2, 0.25) is 0 Å². The maximum atomic E-state index is 5.31. The van der Waals surface area contributed by atoms with Crippen molar-refractivity contribution in [1.29, 1.82) is 0 Å². The van der Waals surface area contributed by atoms with E-state index in [1.165, 1.54) is 31.0 Å². The van der Waals surface area contributed by atoms with E-state index in [9.17, 15) is 0 Å². The maximum absolute atomic E-state index is 5.31. The molecule has 5 heteroatoms. The molecule has 0 radical (unpaired) electrons. The molecule has 3 atom stereocenters. The van der Waals surface area contributed by atoms with E-state index in [2.05, 4.69) is 57.7 Å². The van der Waals surface area contributed by atoms with Crippen LogP contribution in [0, 0.1) is 11.8 Å². The average Bonchev–Trinajstić information content (AvgIpc) is 3.27. The number of rotatable bonds is 5. The highest BCUT2D eigenvalue weighted by molar-refractivity contribution is 5.30. The summed E-state index contributed by atoms with van der Waals surface area (Å²) in [5, 5.41) is 0. The van der Waals surface area contributed by atoms with Crippen LogP contribution < -0.4 is 4.74 Å². The van der Waals surface area contributed by atoms with Crippen LogP contribution in [0.3, 0.4) is 0 Å². The van der Waals surface area contributed by atoms with Gasteiger partial charge in [-0.15, -0.1) is 0 Å². The van der Waals surface area contributed by atoms with Crippen molar-refractivity contribution in [1.82, 2.24) is 19.4 Å². The number of likely N-dealkylation sites (tertiary alicyclic amines) is 2. The second-order valence-electron chi connectivity index (χ2n) is 7.55. The lowest BCUT2D eigenvalue weighted by Crippen LogP contribution is -2.30. The van der Waals surface area contributed by atoms with E-state index < -0.39 is 0 Å². The first-order valence-electron chi connectivity index (χ1n) is 9.18. The molecule has 4 rings (SSSR count). The van der Waals surface area contributed by atoms with Gasteiger partial charge in [-0.3, -0.25) is 4.90 Å². The van der Waals surface area contributed by atoms with Gasteiger partial charge in [-0.05, 0) is 36.6 Å². The molecule has 134 valence electrons. The van der Waals surface area contributed by atoms with E-state index in [1.54, 1.807) is 7.11 Å². The van der Waals surface area contributed by atoms with Crippen LogP contribution in [0.25, 0.3) is 0 Å². The summed E-state index contributed by atoms with van der Waals surface area (Å²) in [4.78, 5) is 9.62. The van der Waals surface area contributed by atoms with Crippen molar-refractivity contribution in [2.45, 2.75) is 12.5 Å². The SMILES string of the molecule is COc1ccc([C@H]2[C@@H]3CN(CCc4nccn4C)C[C@@H]3CN2C)cc1. The average molecular weight is 340 g/mol. The van der Waals surface area contributed by atoms with Crippen LogP contribution in [0.4, 0.5) is 0 Å². The van der Waals surface area contributed by atoms with Crippen molar-refractivity contribution >= 4 is 0 Å². The van der Waals surface area contributed by atoms with Gasteiger partial charge in [0, 0.05) is 58.1 Å². The summed E-state index contributed by atoms with van der Waals surface area (Å²) in [6.45, 7) is 4.71. The predicted octanol–water partition coefficient (Wildman–Crippen LogP) is 2.21. The first-order valence-corrected chi connectivity index (χ1v) is 9.18. The normalized spacial score (nSPS) is 26.9. The Morgan fingerprint density at radius 1 is 1.12 bits per heavy atom. The van der Waals surface area contributed by atoms with Crippen molar-refractivity contribution < 1.29 is 4.74 Å². The molecule has 2 aromatic rings. The topological polar surface area (TPSA) is 33.5 Å². The molecule has 1 aromatic heterocycles. The van der Waals surface area contributed by atoms with Gasteiger partial charge in [0.05, 0.1) is 7.11 Å². The number of methoxy groups -OCH3 is 1. The van der Waals surface area contributed by atoms with E-state index in [0.717, 1.165) is 30.6 Å². The Kier molecular flexibility index (Phi) is 4.52. The molecule has 2 aliphatic rings. The van der Waals surface area contributed by atoms with Crippen molar-refractivity contribution in [3.63, 3.8) is 0 Å². The van der Waals surface area contributed by atoms with Crippen molar-refractivity contribution in [2.75, 3.05) is 40.3 Å². The number of ether oxygens (including phenoxy) is 1. The first kappa shape index (κ1) is 16.6. The minimum Gasteiger partial charge on any atom is -0.497 e. The Hall–Kier alpha value is -1.85. The largest absolute Gasteiger partial charge is 0.497 e. The molecule has 0 unspecified atom stereocenters. The fourth-order valence-corrected chi connectivity index (χ4v) is 4.73. The van der Waals surface area contributed by atoms with Gasteiger partial charge in [-0.1, -0.05) is 12.1 Å². The fourth-order valence-electron chi connectivity index (χ4n) is 4.73. The maximum Gasteiger partial charge on any atom is 0.118 e. The van der Waals surface area contributed by atoms with Gasteiger partial charge >= 0.3 is 0 Å². The van der Waals surface area contributed by atoms with Crippen LogP contribution in [0.1, 0.15) is 17.4 Å². The van der Waals surface area contributed by atoms with Crippen molar-refractivity contribution in [3.8, 4) is 5.75 Å². The molecule has 2 fully saturated rings. The van der Waals surface area contributed by atoms with Crippen LogP contribution in [0.15, 0.2) is 36.7 Å². The predicted molar refractivity (Wildman–Crippen MR) is 98.7 cm³/mol. The lowest BCUT2D eigenvalue weighted by Gasteiger charge is -2.27. The number of hydrogen-bond donors (Lipinski definition) is 0. The molecule has 1 aromatic carbocycles. The zero-order valence-electron chi connectivity index (χ0n) is 15.4. The summed E-state index contributed by atoms with van der Waals surface area (Å²) >= 11 is 0. The Morgan fingerprint density at radius 2 is 1.92 bits per heavy atom. The molecular weight excluding hydrogens is 312 g/mol. The highest BCUT2D eigenvalue weighted by Crippen LogP contribution is 2.44. The smallest absolute Gasteiger partial charge is 0.118 e. The van der Waals surface area contributed by atoms with Gasteiger partial charge in [0.2, 0.25) is 0 Å². The number of aryl methyl sites for hydroxylation is 1. The second-order valence-corrected chi connectivity index (χ2v) is 7.55. The standard InChI is InChI=1S/C20H28N4O/c1-22-11-9-21-19(22)8-10-24-13-16-12-23(2)20(18(16)14-24)15-4-6-17(25-3)7-5-15/h4-7,9,11,16,18,20H,8,10,12-14H2,1-3H3/t16-,18+,20-/m0/s1. The molecule has 0 saturated carbocycles. The van der Waals surface area contributed by atoms with Crippen LogP contribution in [-0.2, 0) is 13.5 Å². The molecule has 0 amide bonds. The number of aromatic nitrogens is 2. The van der Waals surface area contributed by atoms with Gasteiger partial charge in [0.25, 0.3) is 0 Å². The number of nitrogens with zero attached hydrogens (tertiary/aromatic N) is 4. The van der Waals surface area contributed by atoms with Crippen LogP contribution >= 0.6 is 0 Å². The molecule has 0 aliphatic carbocycles. The third kappa shape index (κ3) is 3.18. The van der Waals surface area contributed by atoms with Gasteiger partial charge < -0.3 is 14.2 Å². The first-order chi connectivity index (χ1) is 12.2. The molecule has 5 nitrogen and oxygen atoms in total. The summed E-state index contributed by atoms with van der Waals surface area (Å²) in [7, 11) is 6.07. The quantitative estimate of drug-likeness (QED) is 0.836. The molecule has 0 N–H and O–H groups in total. The molecule has 2 saturated heterocycles. The van der Waals surface area contributed by atoms with Crippen molar-refractivity contribution in [2.24, 2.45) is 18.9 Å². The summed E-state index contributed by atoms with van der Waals surface area (Å²) in [5.41, 5.74) is 1.42. The summed E-state index contributed by atoms with van der Waals surface area (Å²) in [6, 6.07) is 9.17. The zero-order chi connectivity index (χ0) is 17.4. The Labute approximate surface area is 150 Å². The minimum absolute atomic E-state index is 0.522. The summed E-state index contributed by atoms with van der Waals surface area (Å²) < 4.78 is 7.44. The van der Waals surface area contributed by atoms with Gasteiger partial charge in [-0.25, -0.2) is 4.98 Å². The van der Waals surface area contributed by atoms with Crippen LogP contribution in [-0.4, -0.2) is 59.7 Å². The molecule has 0 bridgehead atoms. The van der Waals surface area contributed by atoms with E-state index in [0.29, 0.717) is 6.04 Å². The lowest BCUT2D eigenvalue weighted by atomic mass is 9.89. The lowest BCUT2D eigenvalue weighted by molar-refractivity contribution is 0.228. The number of imidazole rings is 1. The van der Waals surface area contributed by atoms with Gasteiger partial charge in [0.1, 0.15) is 11.6 Å². The van der Waals surface area contributed by atoms with E-state index in [4.69, 9.17) is 4.74 Å². The number of benzene rings is 1. The monoisotopic (exact) mass is 340 g/mol. The second kappa shape index (κ2) is 6.81. The minimum atomic E-state index is 0.522. The highest BCUT2D eigenvalue weighted by atomic mass is 16.5. The third-order valence-electron chi connectivity index (χ3n) is 6.00. The van der Waals surface area contributed by atoms with Crippen molar-refractivity contribution in [3.05, 3.63) is 48.0 Å². The molecular formula is C20H28N4O. The van der Waals surface area contributed by atoms with E-state index in [1.807, 2.05) is 12.4 Å². The Balaban J connectivity index is 1.42. The summed E-state index contributed by atoms with van der Waals surface area (Å²) in [5.74, 6) is 3.61. The van der Waals surface area contributed by atoms with E-state index in [-0.39, 0.29) is 0 Å². The number of hydrogen-bond acceptors (Lipinski definition) is 4. The molecule has 0 spiro atoms. The van der Waals surface area contributed by atoms with Gasteiger partial charge in [-0.2, -0.15) is 0 Å². The third-order valence-corrected chi connectivity index (χ3v) is 6.00. The highest BCUT2D eigenvalue weighted by Gasteiger charge is 2.45. The Morgan fingerprint density at radius 3 is 2.60 bits per heavy atom. The summed E-state index contributed by atoms with van der Waals surface area (Å²) in [6.07, 6.45) is 4.96. The molecule has 3 heterocycles. The van der Waals surface area contributed by atoms with Gasteiger partial charge in [0.15, 0.2) is 0 Å². The fraction of sp³-hybridized carbons (Fsp3) is 0.550. The molecule has 2 aliphatic heterocycles. The van der Waals surface area contributed by atoms with E-state index >= 15 is 0 Å². The zero-order valence-corrected chi connectivity index (χ0v) is 15.4.